The molecule has 2 fully saturated rings. The van der Waals surface area contributed by atoms with Crippen LogP contribution in [0.15, 0.2) is 106 Å². The number of carbonyl (C=O) groups excluding carboxylic acids is 1. The third-order valence-corrected chi connectivity index (χ3v) is 18.7. The van der Waals surface area contributed by atoms with Gasteiger partial charge in [0.25, 0.3) is 20.0 Å². The summed E-state index contributed by atoms with van der Waals surface area (Å²) in [4.78, 5) is 17.3. The van der Waals surface area contributed by atoms with E-state index < -0.39 is 69.8 Å². The van der Waals surface area contributed by atoms with Crippen molar-refractivity contribution in [2.75, 3.05) is 127 Å². The first-order valence-corrected chi connectivity index (χ1v) is 34.7. The van der Waals surface area contributed by atoms with Crippen molar-refractivity contribution in [1.82, 2.24) is 18.6 Å². The molecule has 2 aliphatic rings. The van der Waals surface area contributed by atoms with Crippen LogP contribution in [0.1, 0.15) is 33.6 Å². The molecule has 503 valence electrons. The van der Waals surface area contributed by atoms with Gasteiger partial charge in [-0.15, -0.1) is 4.13 Å². The van der Waals surface area contributed by atoms with Crippen LogP contribution in [0.2, 0.25) is 0 Å². The second kappa shape index (κ2) is 47.3. The number of likely N-dealkylation sites (tertiary alicyclic amines) is 1. The van der Waals surface area contributed by atoms with Gasteiger partial charge in [-0.05, 0) is 70.0 Å². The van der Waals surface area contributed by atoms with Crippen molar-refractivity contribution < 1.29 is 99.3 Å². The summed E-state index contributed by atoms with van der Waals surface area (Å²) in [6, 6.07) is 32.2. The van der Waals surface area contributed by atoms with E-state index in [1.165, 1.54) is 36.0 Å². The van der Waals surface area contributed by atoms with Crippen LogP contribution in [0.3, 0.4) is 0 Å². The Balaban J connectivity index is 0. The molecule has 0 atom stereocenters. The van der Waals surface area contributed by atoms with Crippen LogP contribution >= 0.6 is 0 Å². The van der Waals surface area contributed by atoms with E-state index in [4.69, 9.17) is 64.1 Å². The summed E-state index contributed by atoms with van der Waals surface area (Å²) in [5, 5.41) is 11.0. The van der Waals surface area contributed by atoms with Gasteiger partial charge in [-0.3, -0.25) is 0 Å². The minimum absolute atomic E-state index is 0.0146. The highest BCUT2D eigenvalue weighted by molar-refractivity contribution is 8.05. The first-order chi connectivity index (χ1) is 43.5. The van der Waals surface area contributed by atoms with Crippen molar-refractivity contribution in [3.63, 3.8) is 0 Å². The maximum Gasteiger partial charge on any atom is 0.429 e. The number of ether oxygens (including phenoxy) is 7. The van der Waals surface area contributed by atoms with Crippen LogP contribution in [-0.4, -0.2) is 315 Å². The van der Waals surface area contributed by atoms with Gasteiger partial charge in [0, 0.05) is 171 Å². The van der Waals surface area contributed by atoms with Crippen molar-refractivity contribution in [1.29, 1.82) is 0 Å². The quantitative estimate of drug-likeness (QED) is 0.0141. The highest BCUT2D eigenvalue weighted by atomic mass is 32.3. The molecule has 21 nitrogen and oxygen atoms in total. The van der Waals surface area contributed by atoms with Gasteiger partial charge in [-0.25, -0.2) is 30.0 Å². The van der Waals surface area contributed by atoms with Gasteiger partial charge < -0.3 is 58.3 Å². The maximum atomic E-state index is 13.9. The number of benzene rings is 3. The molecule has 3 N–H and O–H groups in total. The van der Waals surface area contributed by atoms with Gasteiger partial charge in [0.1, 0.15) is 45.6 Å². The molecule has 1 amide bonds. The van der Waals surface area contributed by atoms with Gasteiger partial charge >= 0.3 is 22.5 Å². The van der Waals surface area contributed by atoms with E-state index in [1.807, 2.05) is 20.8 Å². The molecule has 0 unspecified atom stereocenters. The number of amides is 1. The van der Waals surface area contributed by atoms with Crippen molar-refractivity contribution in [2.45, 2.75) is 76.4 Å². The zero-order valence-electron chi connectivity index (χ0n) is 54.5. The van der Waals surface area contributed by atoms with Gasteiger partial charge in [0.15, 0.2) is 14.7 Å². The van der Waals surface area contributed by atoms with Gasteiger partial charge in [0.2, 0.25) is 10.0 Å². The molecule has 2 heterocycles. The van der Waals surface area contributed by atoms with Gasteiger partial charge in [0.05, 0.1) is 43.1 Å². The first-order valence-electron chi connectivity index (χ1n) is 28.7. The van der Waals surface area contributed by atoms with E-state index >= 15 is 0 Å². The molecule has 0 saturated carbocycles. The molecule has 0 bridgehead atoms. The normalized spacial score (nSPS) is 14.1. The molecule has 3 aromatic rings. The zero-order valence-corrected chi connectivity index (χ0v) is 57.8. The highest BCUT2D eigenvalue weighted by Crippen LogP contribution is 2.51. The number of halogens is 6. The van der Waals surface area contributed by atoms with E-state index in [0.29, 0.717) is 65.4 Å². The Hall–Kier alpha value is -2.80. The fraction of sp³-hybridized carbons (Fsp3) is 0.604. The summed E-state index contributed by atoms with van der Waals surface area (Å²) in [5.41, 5.74) is -0.437. The SMILES string of the molecule is CC(C)(C)OC(=O)N1CCC(O)CC1.COCOCC[N+]([O-])(CCOCOC)CCOCOC.CS(=O)(=O)NS(=O)(=O)C(F)(F)C(F)(F)C(F)(F)S(=O)(=O)N1CCNCC1.[B]B([BH])[BH].[B]B([BH])[B][BH].[B]B([B])B([BH])[BH].c1ccc([S+](c2ccccc2)c2ccccc2)cc1. The standard InChI is InChI=1S/C18H15S.C12H27NO7.C10H19NO3.C8H13F6N3O6S3.B6H2.B5H2.B4H2/c1-4-10-16(11-5-1)19(17-12-6-2-7-13-17)18-14-8-3-9-15-18;1-15-10-18-7-4-13(14,5-8-19-11-16-2)6-9-20-12-17-3;1-10(2,3)14-9(13)11-6-4-8(12)5-7-11;1-24(18,19)16-25(20,21)7(11,12)6(9,10)8(13,14)26(22,23)17-4-2-15-3-5-17;1-5(2)6(3)4;1-4-5(2)3;1-4(2)3/h1-15H;4-12H2,1-3H3;8,12H,4-7H2,1-3H3;15-16H,2-5H2,1H3;1-2H;1-2H;1-2H/q+1;;;;;;. The number of rotatable bonds is 27. The number of piperazine rings is 1. The van der Waals surface area contributed by atoms with Crippen LogP contribution in [0, 0.1) is 5.21 Å². The molecular weight excluding hydrogens is 1310 g/mol. The van der Waals surface area contributed by atoms with Crippen LogP contribution in [-0.2, 0) is 74.1 Å². The summed E-state index contributed by atoms with van der Waals surface area (Å²) >= 11 is 0. The van der Waals surface area contributed by atoms with Crippen LogP contribution in [0.25, 0.3) is 0 Å². The summed E-state index contributed by atoms with van der Waals surface area (Å²) in [7, 11) is 28.2. The number of aliphatic hydroxyl groups is 1. The summed E-state index contributed by atoms with van der Waals surface area (Å²) in [6.07, 6.45) is 0.0236. The average Bonchev–Trinajstić information content (AvgIpc) is 0.716. The Kier molecular flexibility index (Phi) is 46.9. The Morgan fingerprint density at radius 2 is 1.02 bits per heavy atom. The van der Waals surface area contributed by atoms with Crippen molar-refractivity contribution in [3.8, 4) is 0 Å². The number of piperidine rings is 1. The lowest BCUT2D eigenvalue weighted by atomic mass is 8.81. The van der Waals surface area contributed by atoms with E-state index in [1.54, 1.807) is 12.0 Å². The number of hydrogen-bond acceptors (Lipinski definition) is 17. The van der Waals surface area contributed by atoms with E-state index in [2.05, 4.69) is 143 Å². The lowest BCUT2D eigenvalue weighted by molar-refractivity contribution is -0.882. The predicted octanol–water partition coefficient (Wildman–Crippen LogP) is -2.07. The second-order valence-electron chi connectivity index (χ2n) is 21.2. The fourth-order valence-corrected chi connectivity index (χ4v) is 12.8. The Bertz CT molecular complexity index is 2690. The minimum atomic E-state index is -7.00. The van der Waals surface area contributed by atoms with Crippen molar-refractivity contribution >= 4 is 157 Å². The van der Waals surface area contributed by atoms with Crippen molar-refractivity contribution in [3.05, 3.63) is 96.2 Å². The fourth-order valence-electron chi connectivity index (χ4n) is 6.71. The highest BCUT2D eigenvalue weighted by Gasteiger charge is 2.83. The molecule has 94 heavy (non-hydrogen) atoms. The molecule has 5 rings (SSSR count). The number of nitrogens with zero attached hydrogens (tertiary/aromatic N) is 3. The predicted molar refractivity (Wildman–Crippen MR) is 376 cm³/mol. The lowest BCUT2D eigenvalue weighted by Gasteiger charge is -2.42. The van der Waals surface area contributed by atoms with Gasteiger partial charge in [-0.2, -0.15) is 30.6 Å². The molecule has 0 aromatic heterocycles. The largest absolute Gasteiger partial charge is 0.633 e. The van der Waals surface area contributed by atoms with Gasteiger partial charge in [-0.1, -0.05) is 54.6 Å². The lowest BCUT2D eigenvalue weighted by Crippen LogP contribution is -2.66. The smallest absolute Gasteiger partial charge is 0.429 e. The third kappa shape index (κ3) is 38.0. The monoisotopic (exact) mass is 1390 g/mol. The zero-order chi connectivity index (χ0) is 72.6. The van der Waals surface area contributed by atoms with Crippen molar-refractivity contribution in [2.24, 2.45) is 0 Å². The molecule has 46 heteroatoms. The summed E-state index contributed by atoms with van der Waals surface area (Å²) < 4.78 is 184. The van der Waals surface area contributed by atoms with Crippen LogP contribution < -0.4 is 9.44 Å². The summed E-state index contributed by atoms with van der Waals surface area (Å²) in [6.45, 7) is 7.20. The maximum absolute atomic E-state index is 13.9. The number of aliphatic hydroxyl groups excluding tert-OH is 1. The molecule has 2 saturated heterocycles. The number of hydrogen-bond donors (Lipinski definition) is 3. The number of carbonyl (C=O) groups is 1. The third-order valence-electron chi connectivity index (χ3n) is 11.5. The molecular formula is C48H80B15F6N5O16S4+. The van der Waals surface area contributed by atoms with Crippen LogP contribution in [0.4, 0.5) is 31.1 Å². The first kappa shape index (κ1) is 93.3. The molecule has 3 aromatic carbocycles. The number of hydroxylamine groups is 3. The number of methoxy groups -OCH3 is 3. The van der Waals surface area contributed by atoms with Crippen LogP contribution in [0.5, 0.6) is 0 Å². The molecule has 15 radical (unpaired) electrons. The second-order valence-corrected chi connectivity index (χ2v) is 29.0. The molecule has 0 spiro atoms. The van der Waals surface area contributed by atoms with E-state index in [0.717, 1.165) is 0 Å². The number of nitrogens with one attached hydrogen (secondary N) is 2. The Morgan fingerprint density at radius 3 is 1.30 bits per heavy atom. The number of alkyl halides is 6. The number of quaternary nitrogens is 1. The number of sulfonamides is 3. The van der Waals surface area contributed by atoms with E-state index in [-0.39, 0.29) is 96.8 Å². The molecule has 0 aliphatic carbocycles. The molecule has 2 aliphatic heterocycles. The minimum Gasteiger partial charge on any atom is -0.633 e. The average molecular weight is 1390 g/mol. The Labute approximate surface area is 571 Å². The summed E-state index contributed by atoms with van der Waals surface area (Å²) in [5.74, 6) is -7.00. The van der Waals surface area contributed by atoms with E-state index in [9.17, 15) is 66.7 Å². The Morgan fingerprint density at radius 1 is 0.691 bits per heavy atom. The topological polar surface area (TPSA) is 258 Å².